The van der Waals surface area contributed by atoms with Gasteiger partial charge in [0.2, 0.25) is 0 Å². The van der Waals surface area contributed by atoms with Crippen molar-refractivity contribution in [1.82, 2.24) is 25.4 Å². The molecule has 0 aliphatic rings. The van der Waals surface area contributed by atoms with Crippen LogP contribution < -0.4 is 0 Å². The molecule has 0 unspecified atom stereocenters. The van der Waals surface area contributed by atoms with Gasteiger partial charge in [-0.05, 0) is 29.8 Å². The van der Waals surface area contributed by atoms with E-state index in [2.05, 4.69) is 25.4 Å². The lowest BCUT2D eigenvalue weighted by Gasteiger charge is -2.00. The summed E-state index contributed by atoms with van der Waals surface area (Å²) in [7, 11) is 0. The molecule has 0 saturated heterocycles. The van der Waals surface area contributed by atoms with E-state index >= 15 is 0 Å². The summed E-state index contributed by atoms with van der Waals surface area (Å²) in [6.45, 7) is 0. The van der Waals surface area contributed by atoms with Gasteiger partial charge in [-0.2, -0.15) is 10.2 Å². The van der Waals surface area contributed by atoms with Crippen LogP contribution in [-0.4, -0.2) is 25.4 Å². The van der Waals surface area contributed by atoms with E-state index in [1.807, 2.05) is 6.08 Å². The molecular weight excluding hydrogens is 312 g/mol. The molecule has 4 rings (SSSR count). The Bertz CT molecular complexity index is 1020. The van der Waals surface area contributed by atoms with Gasteiger partial charge < -0.3 is 0 Å². The van der Waals surface area contributed by atoms with Crippen molar-refractivity contribution in [3.05, 3.63) is 65.6 Å². The molecule has 24 heavy (non-hydrogen) atoms. The van der Waals surface area contributed by atoms with E-state index in [-0.39, 0.29) is 5.82 Å². The molecular formula is C17H11F2N5. The van der Waals surface area contributed by atoms with Crippen LogP contribution in [0.15, 0.2) is 42.7 Å². The average Bonchev–Trinajstić information content (AvgIpc) is 3.23. The van der Waals surface area contributed by atoms with Gasteiger partial charge in [0.15, 0.2) is 5.82 Å². The quantitative estimate of drug-likeness (QED) is 0.602. The normalized spacial score (nSPS) is 11.6. The number of benzene rings is 2. The van der Waals surface area contributed by atoms with Crippen LogP contribution in [0.2, 0.25) is 0 Å². The maximum Gasteiger partial charge on any atom is 0.158 e. The summed E-state index contributed by atoms with van der Waals surface area (Å²) < 4.78 is 27.1. The lowest BCUT2D eigenvalue weighted by Crippen LogP contribution is -1.87. The van der Waals surface area contributed by atoms with E-state index in [9.17, 15) is 8.78 Å². The average molecular weight is 323 g/mol. The first-order valence-corrected chi connectivity index (χ1v) is 7.18. The van der Waals surface area contributed by atoms with Crippen LogP contribution in [0.4, 0.5) is 8.78 Å². The summed E-state index contributed by atoms with van der Waals surface area (Å²) in [6.07, 6.45) is 4.92. The van der Waals surface area contributed by atoms with Gasteiger partial charge in [0, 0.05) is 11.5 Å². The maximum atomic E-state index is 14.2. The van der Waals surface area contributed by atoms with Crippen LogP contribution in [0.1, 0.15) is 11.3 Å². The highest BCUT2D eigenvalue weighted by Crippen LogP contribution is 2.27. The number of hydrogen-bond donors (Lipinski definition) is 2. The zero-order valence-corrected chi connectivity index (χ0v) is 12.3. The summed E-state index contributed by atoms with van der Waals surface area (Å²) in [4.78, 5) is 3.98. The highest BCUT2D eigenvalue weighted by Gasteiger charge is 2.12. The number of aromatic nitrogens is 5. The summed E-state index contributed by atoms with van der Waals surface area (Å²) in [5.74, 6) is -0.356. The van der Waals surface area contributed by atoms with Crippen molar-refractivity contribution in [2.24, 2.45) is 0 Å². The van der Waals surface area contributed by atoms with E-state index in [4.69, 9.17) is 0 Å². The minimum atomic E-state index is -0.419. The summed E-state index contributed by atoms with van der Waals surface area (Å²) >= 11 is 0. The molecule has 4 aromatic rings. The Morgan fingerprint density at radius 2 is 1.79 bits per heavy atom. The first-order valence-electron chi connectivity index (χ1n) is 7.18. The molecule has 2 heterocycles. The molecule has 0 aliphatic heterocycles. The van der Waals surface area contributed by atoms with Gasteiger partial charge >= 0.3 is 0 Å². The second-order valence-electron chi connectivity index (χ2n) is 5.21. The number of halogens is 2. The zero-order chi connectivity index (χ0) is 16.5. The number of hydrogen-bond acceptors (Lipinski definition) is 3. The molecule has 118 valence electrons. The standard InChI is InChI=1S/C17H11F2N5/c18-11-4-1-10(2-5-11)3-6-15-13-7-12(17-20-9-21-24-17)14(19)8-16(13)23-22-15/h1-9H,(H,22,23)(H,20,21,24). The first-order chi connectivity index (χ1) is 11.7. The molecule has 2 aromatic heterocycles. The Labute approximate surface area is 135 Å². The number of nitrogens with zero attached hydrogens (tertiary/aromatic N) is 3. The van der Waals surface area contributed by atoms with E-state index in [0.29, 0.717) is 22.6 Å². The van der Waals surface area contributed by atoms with Crippen LogP contribution in [0.25, 0.3) is 34.4 Å². The van der Waals surface area contributed by atoms with Crippen molar-refractivity contribution < 1.29 is 8.78 Å². The highest BCUT2D eigenvalue weighted by molar-refractivity contribution is 5.92. The monoisotopic (exact) mass is 323 g/mol. The molecule has 0 amide bonds. The zero-order valence-electron chi connectivity index (χ0n) is 12.3. The molecule has 2 N–H and O–H groups in total. The van der Waals surface area contributed by atoms with Gasteiger partial charge in [0.05, 0.1) is 16.8 Å². The van der Waals surface area contributed by atoms with Gasteiger partial charge in [-0.3, -0.25) is 10.2 Å². The van der Waals surface area contributed by atoms with E-state index < -0.39 is 5.82 Å². The number of rotatable bonds is 3. The summed E-state index contributed by atoms with van der Waals surface area (Å²) in [6, 6.07) is 9.15. The molecule has 2 aromatic carbocycles. The molecule has 0 aliphatic carbocycles. The molecule has 7 heteroatoms. The van der Waals surface area contributed by atoms with Gasteiger partial charge in [-0.15, -0.1) is 0 Å². The van der Waals surface area contributed by atoms with Crippen LogP contribution in [-0.2, 0) is 0 Å². The fourth-order valence-corrected chi connectivity index (χ4v) is 2.45. The molecule has 5 nitrogen and oxygen atoms in total. The third-order valence-electron chi connectivity index (χ3n) is 3.65. The topological polar surface area (TPSA) is 70.2 Å². The van der Waals surface area contributed by atoms with Crippen LogP contribution in [0, 0.1) is 11.6 Å². The molecule has 0 saturated carbocycles. The van der Waals surface area contributed by atoms with Crippen molar-refractivity contribution in [1.29, 1.82) is 0 Å². The van der Waals surface area contributed by atoms with Crippen molar-refractivity contribution in [2.75, 3.05) is 0 Å². The minimum Gasteiger partial charge on any atom is -0.277 e. The second-order valence-corrected chi connectivity index (χ2v) is 5.21. The number of nitrogens with one attached hydrogen (secondary N) is 2. The molecule has 0 spiro atoms. The molecule has 0 atom stereocenters. The van der Waals surface area contributed by atoms with Crippen LogP contribution in [0.3, 0.4) is 0 Å². The third-order valence-corrected chi connectivity index (χ3v) is 3.65. The third kappa shape index (κ3) is 2.56. The highest BCUT2D eigenvalue weighted by atomic mass is 19.1. The number of fused-ring (bicyclic) bond motifs is 1. The van der Waals surface area contributed by atoms with Gasteiger partial charge in [-0.25, -0.2) is 13.8 Å². The Hall–Kier alpha value is -3.35. The second kappa shape index (κ2) is 5.69. The lowest BCUT2D eigenvalue weighted by molar-refractivity contribution is 0.627. The number of H-pyrrole nitrogens is 2. The first kappa shape index (κ1) is 14.3. The summed E-state index contributed by atoms with van der Waals surface area (Å²) in [5, 5.41) is 14.1. The fraction of sp³-hybridized carbons (Fsp3) is 0. The smallest absolute Gasteiger partial charge is 0.158 e. The Morgan fingerprint density at radius 1 is 0.958 bits per heavy atom. The molecule has 0 bridgehead atoms. The van der Waals surface area contributed by atoms with Gasteiger partial charge in [0.1, 0.15) is 18.0 Å². The number of aromatic amines is 2. The van der Waals surface area contributed by atoms with Crippen molar-refractivity contribution in [3.63, 3.8) is 0 Å². The van der Waals surface area contributed by atoms with Crippen molar-refractivity contribution in [3.8, 4) is 11.4 Å². The Kier molecular flexibility index (Phi) is 3.38. The molecule has 0 radical (unpaired) electrons. The van der Waals surface area contributed by atoms with E-state index in [1.54, 1.807) is 24.3 Å². The van der Waals surface area contributed by atoms with E-state index in [0.717, 1.165) is 10.9 Å². The molecule has 0 fully saturated rings. The van der Waals surface area contributed by atoms with Crippen LogP contribution >= 0.6 is 0 Å². The SMILES string of the molecule is Fc1ccc(C=Cc2n[nH]c3cc(F)c(-c4ncn[nH]4)cc23)cc1. The Balaban J connectivity index is 1.76. The van der Waals surface area contributed by atoms with Crippen LogP contribution in [0.5, 0.6) is 0 Å². The largest absolute Gasteiger partial charge is 0.277 e. The minimum absolute atomic E-state index is 0.287. The predicted molar refractivity (Wildman–Crippen MR) is 86.8 cm³/mol. The fourth-order valence-electron chi connectivity index (χ4n) is 2.45. The Morgan fingerprint density at radius 3 is 2.54 bits per heavy atom. The van der Waals surface area contributed by atoms with Crippen molar-refractivity contribution >= 4 is 23.1 Å². The van der Waals surface area contributed by atoms with Crippen molar-refractivity contribution in [2.45, 2.75) is 0 Å². The van der Waals surface area contributed by atoms with E-state index in [1.165, 1.54) is 24.5 Å². The summed E-state index contributed by atoms with van der Waals surface area (Å²) in [5.41, 5.74) is 2.38. The maximum absolute atomic E-state index is 14.2. The van der Waals surface area contributed by atoms with Gasteiger partial charge in [-0.1, -0.05) is 18.2 Å². The van der Waals surface area contributed by atoms with Gasteiger partial charge in [0.25, 0.3) is 0 Å². The predicted octanol–water partition coefficient (Wildman–Crippen LogP) is 3.80. The lowest BCUT2D eigenvalue weighted by atomic mass is 10.1.